The van der Waals surface area contributed by atoms with E-state index in [9.17, 15) is 14.7 Å². The topological polar surface area (TPSA) is 94.1 Å². The summed E-state index contributed by atoms with van der Waals surface area (Å²) in [5.41, 5.74) is 8.52. The Labute approximate surface area is 316 Å². The van der Waals surface area contributed by atoms with Gasteiger partial charge in [-0.2, -0.15) is 0 Å². The summed E-state index contributed by atoms with van der Waals surface area (Å²) in [6.07, 6.45) is 1.13. The van der Waals surface area contributed by atoms with Crippen molar-refractivity contribution < 1.29 is 33.6 Å². The molecule has 0 heterocycles. The number of aryl methyl sites for hydroxylation is 2. The highest BCUT2D eigenvalue weighted by Gasteiger charge is 2.38. The second-order valence-electron chi connectivity index (χ2n) is 13.0. The van der Waals surface area contributed by atoms with Crippen LogP contribution in [-0.4, -0.2) is 26.2 Å². The van der Waals surface area contributed by atoms with Crippen LogP contribution in [0.5, 0.6) is 11.5 Å². The van der Waals surface area contributed by atoms with Crippen LogP contribution in [0.3, 0.4) is 0 Å². The lowest BCUT2D eigenvalue weighted by Gasteiger charge is -2.36. The van der Waals surface area contributed by atoms with Crippen molar-refractivity contribution in [3.63, 3.8) is 0 Å². The van der Waals surface area contributed by atoms with Crippen molar-refractivity contribution in [2.75, 3.05) is 14.2 Å². The third kappa shape index (κ3) is 9.43. The van der Waals surface area contributed by atoms with E-state index in [1.807, 2.05) is 60.7 Å². The standard InChI is InChI=1S/C47H44O7/c1-51-43-24-20-41(21-25-43)47(40-12-4-3-5-13-40,42-22-26-44(52-2)27-23-42)54-33-37-10-7-11-39(31-37)38-18-16-34(17-19-38)14-15-35-8-6-9-36(30-35)32-53-46(50)29-28-45(48)49/h3-13,16-27,30-31H,14-15,28-29,32-33H2,1-2H3,(H,48,49)/p-1. The van der Waals surface area contributed by atoms with Crippen LogP contribution in [0.2, 0.25) is 0 Å². The summed E-state index contributed by atoms with van der Waals surface area (Å²) in [4.78, 5) is 22.4. The van der Waals surface area contributed by atoms with E-state index in [1.165, 1.54) is 5.56 Å². The number of carboxylic acid groups (broad SMARTS) is 1. The molecule has 0 aliphatic carbocycles. The first-order valence-corrected chi connectivity index (χ1v) is 18.0. The lowest BCUT2D eigenvalue weighted by Crippen LogP contribution is -2.32. The van der Waals surface area contributed by atoms with Gasteiger partial charge in [-0.15, -0.1) is 0 Å². The third-order valence-corrected chi connectivity index (χ3v) is 9.47. The van der Waals surface area contributed by atoms with E-state index in [-0.39, 0.29) is 19.4 Å². The normalized spacial score (nSPS) is 11.1. The SMILES string of the molecule is COc1ccc(C(OCc2cccc(-c3ccc(CCc4cccc(COC(=O)CCC(=O)[O-])c4)cc3)c2)(c2ccccc2)c2ccc(OC)cc2)cc1. The van der Waals surface area contributed by atoms with Gasteiger partial charge < -0.3 is 28.8 Å². The van der Waals surface area contributed by atoms with Gasteiger partial charge in [0.1, 0.15) is 23.7 Å². The molecule has 274 valence electrons. The fourth-order valence-electron chi connectivity index (χ4n) is 6.57. The quantitative estimate of drug-likeness (QED) is 0.0693. The number of hydrogen-bond acceptors (Lipinski definition) is 7. The molecule has 0 aromatic heterocycles. The number of ether oxygens (including phenoxy) is 4. The number of benzene rings is 6. The lowest BCUT2D eigenvalue weighted by atomic mass is 9.80. The van der Waals surface area contributed by atoms with Gasteiger partial charge in [0, 0.05) is 5.97 Å². The average molecular weight is 720 g/mol. The zero-order valence-electron chi connectivity index (χ0n) is 30.5. The molecule has 0 atom stereocenters. The summed E-state index contributed by atoms with van der Waals surface area (Å²) in [5.74, 6) is -0.272. The Hall–Kier alpha value is -6.18. The minimum absolute atomic E-state index is 0.106. The van der Waals surface area contributed by atoms with Gasteiger partial charge >= 0.3 is 5.97 Å². The first-order chi connectivity index (χ1) is 26.4. The zero-order valence-corrected chi connectivity index (χ0v) is 30.5. The molecule has 0 saturated heterocycles. The van der Waals surface area contributed by atoms with Crippen LogP contribution >= 0.6 is 0 Å². The molecule has 6 rings (SSSR count). The Morgan fingerprint density at radius 2 is 1.07 bits per heavy atom. The molecule has 54 heavy (non-hydrogen) atoms. The smallest absolute Gasteiger partial charge is 0.306 e. The van der Waals surface area contributed by atoms with Gasteiger partial charge in [-0.3, -0.25) is 4.79 Å². The van der Waals surface area contributed by atoms with Crippen molar-refractivity contribution in [2.24, 2.45) is 0 Å². The molecule has 7 nitrogen and oxygen atoms in total. The summed E-state index contributed by atoms with van der Waals surface area (Å²) in [5, 5.41) is 10.6. The minimum Gasteiger partial charge on any atom is -0.550 e. The molecule has 0 unspecified atom stereocenters. The highest BCUT2D eigenvalue weighted by molar-refractivity contribution is 5.75. The summed E-state index contributed by atoms with van der Waals surface area (Å²) in [6, 6.07) is 51.4. The summed E-state index contributed by atoms with van der Waals surface area (Å²) in [7, 11) is 3.33. The van der Waals surface area contributed by atoms with Crippen LogP contribution in [0.1, 0.15) is 51.8 Å². The second kappa shape index (κ2) is 18.0. The van der Waals surface area contributed by atoms with Crippen LogP contribution in [0, 0.1) is 0 Å². The number of carbonyl (C=O) groups excluding carboxylic acids is 2. The first kappa shape index (κ1) is 37.6. The molecule has 0 aliphatic rings. The highest BCUT2D eigenvalue weighted by atomic mass is 16.5. The molecule has 0 amide bonds. The van der Waals surface area contributed by atoms with Gasteiger partial charge in [0.25, 0.3) is 0 Å². The van der Waals surface area contributed by atoms with Crippen molar-refractivity contribution in [3.05, 3.63) is 191 Å². The van der Waals surface area contributed by atoms with Crippen molar-refractivity contribution >= 4 is 11.9 Å². The van der Waals surface area contributed by atoms with E-state index in [1.54, 1.807) is 14.2 Å². The fourth-order valence-corrected chi connectivity index (χ4v) is 6.57. The van der Waals surface area contributed by atoms with Gasteiger partial charge in [0.15, 0.2) is 0 Å². The predicted octanol–water partition coefficient (Wildman–Crippen LogP) is 8.24. The Morgan fingerprint density at radius 3 is 1.69 bits per heavy atom. The molecule has 7 heteroatoms. The predicted molar refractivity (Wildman–Crippen MR) is 207 cm³/mol. The van der Waals surface area contributed by atoms with E-state index in [4.69, 9.17) is 18.9 Å². The molecular formula is C47H43O7-. The zero-order chi connectivity index (χ0) is 37.8. The summed E-state index contributed by atoms with van der Waals surface area (Å²) < 4.78 is 23.3. The van der Waals surface area contributed by atoms with Crippen molar-refractivity contribution in [1.29, 1.82) is 0 Å². The Balaban J connectivity index is 1.17. The van der Waals surface area contributed by atoms with Gasteiger partial charge in [-0.1, -0.05) is 121 Å². The average Bonchev–Trinajstić information content (AvgIpc) is 3.23. The number of hydrogen-bond donors (Lipinski definition) is 0. The highest BCUT2D eigenvalue weighted by Crippen LogP contribution is 2.42. The van der Waals surface area contributed by atoms with Gasteiger partial charge in [0.05, 0.1) is 27.2 Å². The van der Waals surface area contributed by atoms with Crippen LogP contribution in [0.4, 0.5) is 0 Å². The molecular weight excluding hydrogens is 677 g/mol. The Morgan fingerprint density at radius 1 is 0.519 bits per heavy atom. The maximum atomic E-state index is 11.8. The van der Waals surface area contributed by atoms with Crippen LogP contribution in [-0.2, 0) is 50.7 Å². The molecule has 0 fully saturated rings. The number of rotatable bonds is 17. The van der Waals surface area contributed by atoms with Crippen LogP contribution in [0.15, 0.2) is 152 Å². The Kier molecular flexibility index (Phi) is 12.6. The van der Waals surface area contributed by atoms with Gasteiger partial charge in [0.2, 0.25) is 0 Å². The number of carboxylic acids is 1. The summed E-state index contributed by atoms with van der Waals surface area (Å²) in [6.45, 7) is 0.464. The third-order valence-electron chi connectivity index (χ3n) is 9.47. The van der Waals surface area contributed by atoms with Crippen LogP contribution in [0.25, 0.3) is 11.1 Å². The largest absolute Gasteiger partial charge is 0.550 e. The molecule has 0 N–H and O–H groups in total. The van der Waals surface area contributed by atoms with Crippen molar-refractivity contribution in [1.82, 2.24) is 0 Å². The number of carbonyl (C=O) groups is 2. The molecule has 0 aliphatic heterocycles. The summed E-state index contributed by atoms with van der Waals surface area (Å²) >= 11 is 0. The minimum atomic E-state index is -1.27. The van der Waals surface area contributed by atoms with Crippen molar-refractivity contribution in [3.8, 4) is 22.6 Å². The van der Waals surface area contributed by atoms with Gasteiger partial charge in [-0.25, -0.2) is 0 Å². The molecule has 6 aromatic carbocycles. The molecule has 6 aromatic rings. The monoisotopic (exact) mass is 719 g/mol. The molecule has 0 saturated carbocycles. The number of esters is 1. The van der Waals surface area contributed by atoms with Crippen LogP contribution < -0.4 is 14.6 Å². The molecule has 0 spiro atoms. The molecule has 0 bridgehead atoms. The van der Waals surface area contributed by atoms with E-state index in [2.05, 4.69) is 91.0 Å². The Bertz CT molecular complexity index is 2080. The molecule has 0 radical (unpaired) electrons. The first-order valence-electron chi connectivity index (χ1n) is 18.0. The van der Waals surface area contributed by atoms with E-state index >= 15 is 0 Å². The maximum absolute atomic E-state index is 11.8. The van der Waals surface area contributed by atoms with E-state index in [0.29, 0.717) is 6.61 Å². The fraction of sp³-hybridized carbons (Fsp3) is 0.191. The lowest BCUT2D eigenvalue weighted by molar-refractivity contribution is -0.305. The maximum Gasteiger partial charge on any atom is 0.306 e. The number of aliphatic carboxylic acids is 1. The van der Waals surface area contributed by atoms with E-state index < -0.39 is 17.5 Å². The van der Waals surface area contributed by atoms with Gasteiger partial charge in [-0.05, 0) is 99.7 Å². The van der Waals surface area contributed by atoms with Crippen molar-refractivity contribution in [2.45, 2.75) is 44.5 Å². The number of methoxy groups -OCH3 is 2. The van der Waals surface area contributed by atoms with E-state index in [0.717, 1.165) is 68.8 Å². The second-order valence-corrected chi connectivity index (χ2v) is 13.0.